The molecular weight excluding hydrogens is 532 g/mol. The first-order valence-corrected chi connectivity index (χ1v) is 12.7. The summed E-state index contributed by atoms with van der Waals surface area (Å²) in [6.07, 6.45) is 2.26. The van der Waals surface area contributed by atoms with Gasteiger partial charge in [0.15, 0.2) is 0 Å². The summed E-state index contributed by atoms with van der Waals surface area (Å²) in [5.41, 5.74) is 0.677. The van der Waals surface area contributed by atoms with E-state index >= 15 is 0 Å². The number of imidazole rings is 1. The molecule has 0 spiro atoms. The van der Waals surface area contributed by atoms with E-state index in [0.29, 0.717) is 30.6 Å². The van der Waals surface area contributed by atoms with Crippen LogP contribution < -0.4 is 11.0 Å². The lowest BCUT2D eigenvalue weighted by Gasteiger charge is -2.29. The molecule has 39 heavy (non-hydrogen) atoms. The van der Waals surface area contributed by atoms with E-state index in [1.54, 1.807) is 10.6 Å². The number of amides is 1. The lowest BCUT2D eigenvalue weighted by atomic mass is 9.85. The number of carbonyl (C=O) groups excluding carboxylic acids is 1. The number of fused-ring (bicyclic) bond motifs is 1. The van der Waals surface area contributed by atoms with Crippen LogP contribution in [0.2, 0.25) is 5.02 Å². The normalized spacial score (nSPS) is 17.4. The Morgan fingerprint density at radius 1 is 1.05 bits per heavy atom. The first-order valence-electron chi connectivity index (χ1n) is 12.4. The van der Waals surface area contributed by atoms with Gasteiger partial charge in [0.1, 0.15) is 11.4 Å². The highest BCUT2D eigenvalue weighted by molar-refractivity contribution is 6.30. The van der Waals surface area contributed by atoms with Crippen molar-refractivity contribution in [2.24, 2.45) is 5.92 Å². The summed E-state index contributed by atoms with van der Waals surface area (Å²) in [5, 5.41) is 12.1. The summed E-state index contributed by atoms with van der Waals surface area (Å²) in [6, 6.07) is 11.3. The number of carbonyl (C=O) groups is 2. The van der Waals surface area contributed by atoms with Crippen LogP contribution in [-0.4, -0.2) is 42.1 Å². The van der Waals surface area contributed by atoms with Gasteiger partial charge in [-0.1, -0.05) is 23.7 Å². The van der Waals surface area contributed by atoms with Gasteiger partial charge in [-0.25, -0.2) is 23.4 Å². The van der Waals surface area contributed by atoms with Gasteiger partial charge in [-0.05, 0) is 61.9 Å². The van der Waals surface area contributed by atoms with Gasteiger partial charge < -0.3 is 10.4 Å². The third kappa shape index (κ3) is 5.40. The summed E-state index contributed by atoms with van der Waals surface area (Å²) in [7, 11) is 0. The molecule has 1 fully saturated rings. The molecule has 1 aliphatic carbocycles. The number of carboxylic acid groups (broad SMARTS) is 1. The average Bonchev–Trinajstić information content (AvgIpc) is 3.20. The van der Waals surface area contributed by atoms with Gasteiger partial charge in [0, 0.05) is 18.8 Å². The number of hydrogen-bond acceptors (Lipinski definition) is 5. The number of carboxylic acids is 1. The molecule has 0 aliphatic heterocycles. The Kier molecular flexibility index (Phi) is 7.42. The van der Waals surface area contributed by atoms with Gasteiger partial charge in [0.05, 0.1) is 33.5 Å². The van der Waals surface area contributed by atoms with Crippen molar-refractivity contribution in [3.05, 3.63) is 87.3 Å². The molecular formula is C27H24ClF2N5O4. The van der Waals surface area contributed by atoms with Crippen molar-refractivity contribution in [2.45, 2.75) is 44.7 Å². The molecule has 3 heterocycles. The van der Waals surface area contributed by atoms with E-state index in [1.165, 1.54) is 22.9 Å². The third-order valence-electron chi connectivity index (χ3n) is 7.02. The maximum atomic E-state index is 13.5. The number of pyridine rings is 2. The van der Waals surface area contributed by atoms with Crippen molar-refractivity contribution in [2.75, 3.05) is 0 Å². The first-order chi connectivity index (χ1) is 18.7. The van der Waals surface area contributed by atoms with Crippen molar-refractivity contribution >= 4 is 34.5 Å². The minimum Gasteiger partial charge on any atom is -0.477 e. The molecule has 9 nitrogen and oxygen atoms in total. The molecule has 12 heteroatoms. The number of para-hydroxylation sites is 2. The van der Waals surface area contributed by atoms with Crippen LogP contribution in [0.3, 0.4) is 0 Å². The van der Waals surface area contributed by atoms with Gasteiger partial charge in [0.2, 0.25) is 0 Å². The summed E-state index contributed by atoms with van der Waals surface area (Å²) < 4.78 is 29.9. The number of alkyl halides is 2. The van der Waals surface area contributed by atoms with Gasteiger partial charge in [-0.3, -0.25) is 18.9 Å². The van der Waals surface area contributed by atoms with Crippen LogP contribution in [0, 0.1) is 5.92 Å². The van der Waals surface area contributed by atoms with Crippen LogP contribution in [0.4, 0.5) is 8.78 Å². The van der Waals surface area contributed by atoms with E-state index in [9.17, 15) is 23.2 Å². The summed E-state index contributed by atoms with van der Waals surface area (Å²) >= 11 is 5.87. The zero-order chi connectivity index (χ0) is 27.7. The quantitative estimate of drug-likeness (QED) is 0.336. The van der Waals surface area contributed by atoms with E-state index in [1.807, 2.05) is 24.3 Å². The molecule has 4 aromatic rings. The second-order valence-electron chi connectivity index (χ2n) is 9.50. The number of nitrogens with one attached hydrogen (secondary N) is 1. The highest BCUT2D eigenvalue weighted by Crippen LogP contribution is 2.29. The van der Waals surface area contributed by atoms with Crippen LogP contribution >= 0.6 is 11.6 Å². The number of benzene rings is 1. The van der Waals surface area contributed by atoms with Gasteiger partial charge >= 0.3 is 11.7 Å². The van der Waals surface area contributed by atoms with Crippen molar-refractivity contribution in [1.29, 1.82) is 0 Å². The third-order valence-corrected chi connectivity index (χ3v) is 7.23. The SMILES string of the molecule is O=C(O)c1ccc(-n2c(=O)n(C[C@H]3CC[C@H](NC(=O)c4cc(Cl)cnc4C(F)F)CC3)c3ccccc32)cn1. The number of hydrogen-bond donors (Lipinski definition) is 2. The fourth-order valence-electron chi connectivity index (χ4n) is 5.10. The Morgan fingerprint density at radius 2 is 1.77 bits per heavy atom. The van der Waals surface area contributed by atoms with Crippen LogP contribution in [-0.2, 0) is 6.54 Å². The van der Waals surface area contributed by atoms with E-state index in [0.717, 1.165) is 24.6 Å². The van der Waals surface area contributed by atoms with E-state index < -0.39 is 24.0 Å². The first kappa shape index (κ1) is 26.5. The Balaban J connectivity index is 1.30. The predicted octanol–water partition coefficient (Wildman–Crippen LogP) is 4.86. The van der Waals surface area contributed by atoms with Crippen molar-refractivity contribution in [1.82, 2.24) is 24.4 Å². The van der Waals surface area contributed by atoms with Crippen LogP contribution in [0.15, 0.2) is 59.7 Å². The lowest BCUT2D eigenvalue weighted by Crippen LogP contribution is -2.39. The number of aromatic carboxylic acids is 1. The van der Waals surface area contributed by atoms with E-state index in [-0.39, 0.29) is 33.9 Å². The molecule has 0 unspecified atom stereocenters. The highest BCUT2D eigenvalue weighted by Gasteiger charge is 2.27. The van der Waals surface area contributed by atoms with Gasteiger partial charge in [-0.15, -0.1) is 0 Å². The van der Waals surface area contributed by atoms with Crippen molar-refractivity contribution in [3.63, 3.8) is 0 Å². The zero-order valence-electron chi connectivity index (χ0n) is 20.6. The fourth-order valence-corrected chi connectivity index (χ4v) is 5.25. The van der Waals surface area contributed by atoms with Crippen molar-refractivity contribution < 1.29 is 23.5 Å². The molecule has 3 aromatic heterocycles. The Labute approximate surface area is 226 Å². The minimum absolute atomic E-state index is 0.103. The number of rotatable bonds is 7. The second-order valence-corrected chi connectivity index (χ2v) is 9.94. The smallest absolute Gasteiger partial charge is 0.354 e. The molecule has 1 aliphatic rings. The predicted molar refractivity (Wildman–Crippen MR) is 140 cm³/mol. The fraction of sp³-hybridized carbons (Fsp3) is 0.296. The van der Waals surface area contributed by atoms with Gasteiger partial charge in [0.25, 0.3) is 12.3 Å². The molecule has 1 aromatic carbocycles. The number of nitrogens with zero attached hydrogens (tertiary/aromatic N) is 4. The molecule has 1 amide bonds. The topological polar surface area (TPSA) is 119 Å². The van der Waals surface area contributed by atoms with E-state index in [2.05, 4.69) is 15.3 Å². The maximum Gasteiger partial charge on any atom is 0.354 e. The van der Waals surface area contributed by atoms with Crippen molar-refractivity contribution in [3.8, 4) is 5.69 Å². The summed E-state index contributed by atoms with van der Waals surface area (Å²) in [4.78, 5) is 45.0. The maximum absolute atomic E-state index is 13.5. The van der Waals surface area contributed by atoms with Gasteiger partial charge in [-0.2, -0.15) is 0 Å². The molecule has 0 saturated heterocycles. The molecule has 5 rings (SSSR count). The van der Waals surface area contributed by atoms with Crippen LogP contribution in [0.25, 0.3) is 16.7 Å². The zero-order valence-corrected chi connectivity index (χ0v) is 21.3. The monoisotopic (exact) mass is 555 g/mol. The van der Waals surface area contributed by atoms with Crippen LogP contribution in [0.1, 0.15) is 58.6 Å². The van der Waals surface area contributed by atoms with E-state index in [4.69, 9.17) is 16.7 Å². The Hall–Kier alpha value is -4.12. The second kappa shape index (κ2) is 10.9. The molecule has 0 atom stereocenters. The van der Waals surface area contributed by atoms with Crippen LogP contribution in [0.5, 0.6) is 0 Å². The largest absolute Gasteiger partial charge is 0.477 e. The molecule has 1 saturated carbocycles. The summed E-state index contributed by atoms with van der Waals surface area (Å²) in [6.45, 7) is 0.460. The number of halogens is 3. The molecule has 0 bridgehead atoms. The summed E-state index contributed by atoms with van der Waals surface area (Å²) in [5.74, 6) is -1.63. The average molecular weight is 556 g/mol. The Bertz CT molecular complexity index is 1590. The molecule has 2 N–H and O–H groups in total. The highest BCUT2D eigenvalue weighted by atomic mass is 35.5. The molecule has 0 radical (unpaired) electrons. The lowest BCUT2D eigenvalue weighted by molar-refractivity contribution is 0.0690. The number of aromatic nitrogens is 4. The Morgan fingerprint density at radius 3 is 2.41 bits per heavy atom. The molecule has 202 valence electrons. The standard InChI is InChI=1S/C27H24ClF2N5O4/c28-16-11-19(23(24(29)30)32-12-16)25(36)33-17-7-5-15(6-8-17)14-34-21-3-1-2-4-22(21)35(27(34)39)18-9-10-20(26(37)38)31-13-18/h1-4,9-13,15,17,24H,5-8,14H2,(H,33,36)(H,37,38)/t15-,17-. The minimum atomic E-state index is -2.90.